The summed E-state index contributed by atoms with van der Waals surface area (Å²) in [6, 6.07) is 10.3. The van der Waals surface area contributed by atoms with Gasteiger partial charge in [-0.1, -0.05) is 32.9 Å². The van der Waals surface area contributed by atoms with Crippen LogP contribution in [0.25, 0.3) is 0 Å². The predicted molar refractivity (Wildman–Crippen MR) is 87.0 cm³/mol. The summed E-state index contributed by atoms with van der Waals surface area (Å²) < 4.78 is 6.10. The minimum absolute atomic E-state index is 0.434. The molecule has 3 heteroatoms. The summed E-state index contributed by atoms with van der Waals surface area (Å²) >= 11 is 0. The first-order chi connectivity index (χ1) is 10.1. The Labute approximate surface area is 127 Å². The maximum absolute atomic E-state index is 6.10. The lowest BCUT2D eigenvalue weighted by Gasteiger charge is -2.15. The summed E-state index contributed by atoms with van der Waals surface area (Å²) in [5.41, 5.74) is 3.43. The minimum Gasteiger partial charge on any atom is -0.457 e. The van der Waals surface area contributed by atoms with Gasteiger partial charge < -0.3 is 10.1 Å². The molecule has 1 aromatic heterocycles. The normalized spacial score (nSPS) is 10.9. The van der Waals surface area contributed by atoms with Crippen LogP contribution >= 0.6 is 0 Å². The molecule has 0 atom stereocenters. The van der Waals surface area contributed by atoms with Crippen molar-refractivity contribution in [1.82, 2.24) is 10.3 Å². The highest BCUT2D eigenvalue weighted by atomic mass is 16.5. The van der Waals surface area contributed by atoms with E-state index in [4.69, 9.17) is 4.74 Å². The van der Waals surface area contributed by atoms with Gasteiger partial charge in [-0.25, -0.2) is 0 Å². The highest BCUT2D eigenvalue weighted by Gasteiger charge is 2.09. The van der Waals surface area contributed by atoms with Crippen molar-refractivity contribution in [2.75, 3.05) is 6.54 Å². The fourth-order valence-corrected chi connectivity index (χ4v) is 2.20. The van der Waals surface area contributed by atoms with E-state index in [1.54, 1.807) is 6.20 Å². The van der Waals surface area contributed by atoms with Crippen molar-refractivity contribution in [3.8, 4) is 11.5 Å². The lowest BCUT2D eigenvalue weighted by Crippen LogP contribution is -2.12. The third kappa shape index (κ3) is 4.30. The van der Waals surface area contributed by atoms with Crippen molar-refractivity contribution in [3.05, 3.63) is 53.3 Å². The van der Waals surface area contributed by atoms with Crippen LogP contribution in [0.3, 0.4) is 0 Å². The molecular formula is C18H24N2O. The molecule has 0 amide bonds. The van der Waals surface area contributed by atoms with E-state index in [1.165, 1.54) is 11.1 Å². The average Bonchev–Trinajstić information content (AvgIpc) is 2.45. The van der Waals surface area contributed by atoms with Crippen molar-refractivity contribution in [2.24, 2.45) is 0 Å². The number of ether oxygens (including phenoxy) is 1. The van der Waals surface area contributed by atoms with Crippen molar-refractivity contribution >= 4 is 0 Å². The SMILES string of the molecule is CCNCc1cc(Oc2cc(C)ccc2C(C)C)ccn1. The highest BCUT2D eigenvalue weighted by molar-refractivity contribution is 5.42. The van der Waals surface area contributed by atoms with E-state index >= 15 is 0 Å². The van der Waals surface area contributed by atoms with E-state index < -0.39 is 0 Å². The van der Waals surface area contributed by atoms with E-state index in [1.807, 2.05) is 12.1 Å². The van der Waals surface area contributed by atoms with Gasteiger partial charge >= 0.3 is 0 Å². The topological polar surface area (TPSA) is 34.1 Å². The molecule has 3 nitrogen and oxygen atoms in total. The number of benzene rings is 1. The molecule has 1 heterocycles. The lowest BCUT2D eigenvalue weighted by molar-refractivity contribution is 0.470. The van der Waals surface area contributed by atoms with Crippen molar-refractivity contribution in [2.45, 2.75) is 40.2 Å². The number of aryl methyl sites for hydroxylation is 1. The first kappa shape index (κ1) is 15.5. The van der Waals surface area contributed by atoms with E-state index in [0.717, 1.165) is 30.3 Å². The zero-order valence-corrected chi connectivity index (χ0v) is 13.3. The van der Waals surface area contributed by atoms with E-state index in [2.05, 4.69) is 56.2 Å². The van der Waals surface area contributed by atoms with E-state index in [0.29, 0.717) is 5.92 Å². The van der Waals surface area contributed by atoms with Gasteiger partial charge in [-0.15, -0.1) is 0 Å². The van der Waals surface area contributed by atoms with Gasteiger partial charge in [0.05, 0.1) is 5.69 Å². The third-order valence-electron chi connectivity index (χ3n) is 3.36. The van der Waals surface area contributed by atoms with Crippen LogP contribution in [0, 0.1) is 6.92 Å². The summed E-state index contributed by atoms with van der Waals surface area (Å²) in [5.74, 6) is 2.21. The fraction of sp³-hybridized carbons (Fsp3) is 0.389. The second kappa shape index (κ2) is 7.23. The van der Waals surface area contributed by atoms with Crippen LogP contribution in [-0.2, 0) is 6.54 Å². The van der Waals surface area contributed by atoms with Gasteiger partial charge in [0.25, 0.3) is 0 Å². The molecule has 0 fully saturated rings. The maximum Gasteiger partial charge on any atom is 0.131 e. The molecule has 0 spiro atoms. The zero-order valence-electron chi connectivity index (χ0n) is 13.3. The molecule has 0 radical (unpaired) electrons. The molecular weight excluding hydrogens is 260 g/mol. The molecule has 2 aromatic rings. The summed E-state index contributed by atoms with van der Waals surface area (Å²) in [7, 11) is 0. The molecule has 0 unspecified atom stereocenters. The van der Waals surface area contributed by atoms with Gasteiger partial charge in [0.1, 0.15) is 11.5 Å². The Morgan fingerprint density at radius 1 is 1.19 bits per heavy atom. The van der Waals surface area contributed by atoms with Crippen molar-refractivity contribution in [1.29, 1.82) is 0 Å². The number of nitrogens with zero attached hydrogens (tertiary/aromatic N) is 1. The Bertz CT molecular complexity index is 594. The molecule has 1 N–H and O–H groups in total. The van der Waals surface area contributed by atoms with E-state index in [9.17, 15) is 0 Å². The first-order valence-electron chi connectivity index (χ1n) is 7.54. The lowest BCUT2D eigenvalue weighted by atomic mass is 10.0. The number of hydrogen-bond acceptors (Lipinski definition) is 3. The Morgan fingerprint density at radius 3 is 2.71 bits per heavy atom. The summed E-state index contributed by atoms with van der Waals surface area (Å²) in [5, 5.41) is 3.28. The Balaban J connectivity index is 2.23. The molecule has 1 aromatic carbocycles. The Kier molecular flexibility index (Phi) is 5.34. The third-order valence-corrected chi connectivity index (χ3v) is 3.36. The van der Waals surface area contributed by atoms with Crippen LogP contribution < -0.4 is 10.1 Å². The summed E-state index contributed by atoms with van der Waals surface area (Å²) in [6.07, 6.45) is 1.80. The molecule has 0 bridgehead atoms. The van der Waals surface area contributed by atoms with Crippen LogP contribution in [0.1, 0.15) is 43.5 Å². The highest BCUT2D eigenvalue weighted by Crippen LogP contribution is 2.31. The second-order valence-electron chi connectivity index (χ2n) is 5.56. The average molecular weight is 284 g/mol. The van der Waals surface area contributed by atoms with Crippen molar-refractivity contribution in [3.63, 3.8) is 0 Å². The smallest absolute Gasteiger partial charge is 0.131 e. The second-order valence-corrected chi connectivity index (χ2v) is 5.56. The van der Waals surface area contributed by atoms with Crippen LogP contribution in [0.15, 0.2) is 36.5 Å². The molecule has 0 aliphatic carbocycles. The monoisotopic (exact) mass is 284 g/mol. The number of aromatic nitrogens is 1. The molecule has 0 saturated carbocycles. The van der Waals surface area contributed by atoms with Crippen LogP contribution in [0.4, 0.5) is 0 Å². The summed E-state index contributed by atoms with van der Waals surface area (Å²) in [4.78, 5) is 4.35. The Hall–Kier alpha value is -1.87. The number of pyridine rings is 1. The minimum atomic E-state index is 0.434. The van der Waals surface area contributed by atoms with Gasteiger partial charge in [-0.3, -0.25) is 4.98 Å². The molecule has 0 aliphatic heterocycles. The zero-order chi connectivity index (χ0) is 15.2. The van der Waals surface area contributed by atoms with Gasteiger partial charge in [-0.2, -0.15) is 0 Å². The van der Waals surface area contributed by atoms with Crippen LogP contribution in [-0.4, -0.2) is 11.5 Å². The van der Waals surface area contributed by atoms with Crippen LogP contribution in [0.2, 0.25) is 0 Å². The fourth-order valence-electron chi connectivity index (χ4n) is 2.20. The number of hydrogen-bond donors (Lipinski definition) is 1. The van der Waals surface area contributed by atoms with Gasteiger partial charge in [0.2, 0.25) is 0 Å². The quantitative estimate of drug-likeness (QED) is 0.853. The molecule has 21 heavy (non-hydrogen) atoms. The van der Waals surface area contributed by atoms with E-state index in [-0.39, 0.29) is 0 Å². The van der Waals surface area contributed by atoms with Crippen molar-refractivity contribution < 1.29 is 4.74 Å². The Morgan fingerprint density at radius 2 is 2.00 bits per heavy atom. The molecule has 0 saturated heterocycles. The molecule has 112 valence electrons. The summed E-state index contributed by atoms with van der Waals surface area (Å²) in [6.45, 7) is 10.2. The molecule has 0 aliphatic rings. The predicted octanol–water partition coefficient (Wildman–Crippen LogP) is 4.42. The van der Waals surface area contributed by atoms with Gasteiger partial charge in [0.15, 0.2) is 0 Å². The van der Waals surface area contributed by atoms with Gasteiger partial charge in [0, 0.05) is 18.8 Å². The molecule has 2 rings (SSSR count). The number of rotatable bonds is 6. The van der Waals surface area contributed by atoms with Crippen LogP contribution in [0.5, 0.6) is 11.5 Å². The largest absolute Gasteiger partial charge is 0.457 e. The standard InChI is InChI=1S/C18H24N2O/c1-5-19-12-15-11-16(8-9-20-15)21-18-10-14(4)6-7-17(18)13(2)3/h6-11,13,19H,5,12H2,1-4H3. The van der Waals surface area contributed by atoms with Gasteiger partial charge in [-0.05, 0) is 42.6 Å². The first-order valence-corrected chi connectivity index (χ1v) is 7.54. The number of nitrogens with one attached hydrogen (secondary N) is 1. The maximum atomic E-state index is 6.10.